The van der Waals surface area contributed by atoms with Crippen LogP contribution in [0.3, 0.4) is 0 Å². The first-order chi connectivity index (χ1) is 14.6. The van der Waals surface area contributed by atoms with E-state index in [2.05, 4.69) is 5.32 Å². The first-order valence-electron chi connectivity index (χ1n) is 9.25. The molecule has 10 nitrogen and oxygen atoms in total. The predicted molar refractivity (Wildman–Crippen MR) is 113 cm³/mol. The molecule has 0 radical (unpaired) electrons. The highest BCUT2D eigenvalue weighted by molar-refractivity contribution is 7.57. The number of urea groups is 1. The number of anilines is 1. The number of hydrogen-bond donors (Lipinski definition) is 4. The lowest BCUT2D eigenvalue weighted by Crippen LogP contribution is -2.45. The Balaban J connectivity index is 2.21. The number of nitrogens with zero attached hydrogens (tertiary/aromatic N) is 2. The Morgan fingerprint density at radius 2 is 1.58 bits per heavy atom. The van der Waals surface area contributed by atoms with Crippen LogP contribution in [0, 0.1) is 0 Å². The zero-order chi connectivity index (χ0) is 23.0. The van der Waals surface area contributed by atoms with Crippen molar-refractivity contribution in [1.82, 2.24) is 9.96 Å². The van der Waals surface area contributed by atoms with Crippen LogP contribution in [0.5, 0.6) is 0 Å². The van der Waals surface area contributed by atoms with Gasteiger partial charge >= 0.3 is 12.0 Å². The Labute approximate surface area is 179 Å². The summed E-state index contributed by atoms with van der Waals surface area (Å²) < 4.78 is 11.9. The molecule has 2 atom stereocenters. The first-order valence-corrected chi connectivity index (χ1v) is 11.5. The van der Waals surface area contributed by atoms with Crippen molar-refractivity contribution in [2.45, 2.75) is 12.5 Å². The van der Waals surface area contributed by atoms with E-state index in [0.717, 1.165) is 11.6 Å². The summed E-state index contributed by atoms with van der Waals surface area (Å²) in [4.78, 5) is 47.0. The van der Waals surface area contributed by atoms with Crippen LogP contribution in [0.15, 0.2) is 60.7 Å². The second-order valence-corrected chi connectivity index (χ2v) is 9.33. The van der Waals surface area contributed by atoms with Crippen molar-refractivity contribution in [3.05, 3.63) is 66.2 Å². The molecule has 3 amide bonds. The molecule has 0 aromatic heterocycles. The van der Waals surface area contributed by atoms with E-state index in [-0.39, 0.29) is 5.06 Å². The fourth-order valence-electron chi connectivity index (χ4n) is 2.82. The van der Waals surface area contributed by atoms with Crippen molar-refractivity contribution in [1.29, 1.82) is 0 Å². The molecule has 0 saturated carbocycles. The number of hydrogen-bond acceptors (Lipinski definition) is 5. The largest absolute Gasteiger partial charge is 0.481 e. The van der Waals surface area contributed by atoms with Crippen molar-refractivity contribution >= 4 is 31.0 Å². The standard InChI is InChI=1S/C20H24N3O7P/c1-31(29,30)14-22(20(27)21-16-10-6-3-7-11-16)13-18(24)23(28)17(12-19(25)26)15-8-4-2-5-9-15/h2-11,17,28H,12-14H2,1H3,(H,21,27)(H,25,26)(H,29,30). The second kappa shape index (κ2) is 10.7. The normalized spacial score (nSPS) is 13.5. The number of nitrogens with one attached hydrogen (secondary N) is 1. The van der Waals surface area contributed by atoms with Crippen LogP contribution in [-0.2, 0) is 14.2 Å². The molecular weight excluding hydrogens is 425 g/mol. The van der Waals surface area contributed by atoms with E-state index in [4.69, 9.17) is 5.11 Å². The summed E-state index contributed by atoms with van der Waals surface area (Å²) >= 11 is 0. The summed E-state index contributed by atoms with van der Waals surface area (Å²) in [7, 11) is -3.75. The summed E-state index contributed by atoms with van der Waals surface area (Å²) in [5.41, 5.74) is 0.784. The Hall–Kier alpha value is -3.20. The van der Waals surface area contributed by atoms with E-state index in [1.165, 1.54) is 0 Å². The minimum atomic E-state index is -3.75. The molecule has 0 bridgehead atoms. The lowest BCUT2D eigenvalue weighted by Gasteiger charge is -2.29. The smallest absolute Gasteiger partial charge is 0.322 e. The number of rotatable bonds is 9. The van der Waals surface area contributed by atoms with Gasteiger partial charge in [0.2, 0.25) is 7.37 Å². The zero-order valence-corrected chi connectivity index (χ0v) is 17.7. The van der Waals surface area contributed by atoms with Crippen molar-refractivity contribution in [2.75, 3.05) is 24.8 Å². The number of carbonyl (C=O) groups excluding carboxylic acids is 2. The topological polar surface area (TPSA) is 147 Å². The number of hydroxylamine groups is 2. The third-order valence-corrected chi connectivity index (χ3v) is 5.04. The molecular formula is C20H24N3O7P. The molecule has 0 aliphatic rings. The zero-order valence-electron chi connectivity index (χ0n) is 16.8. The summed E-state index contributed by atoms with van der Waals surface area (Å²) in [5.74, 6) is -2.25. The fraction of sp³-hybridized carbons (Fsp3) is 0.250. The highest BCUT2D eigenvalue weighted by Gasteiger charge is 2.30. The van der Waals surface area contributed by atoms with Gasteiger partial charge in [-0.1, -0.05) is 48.5 Å². The van der Waals surface area contributed by atoms with E-state index in [1.807, 2.05) is 0 Å². The lowest BCUT2D eigenvalue weighted by atomic mass is 10.0. The van der Waals surface area contributed by atoms with Crippen LogP contribution in [0.4, 0.5) is 10.5 Å². The SMILES string of the molecule is CP(=O)(O)CN(CC(=O)N(O)C(CC(=O)O)c1ccccc1)C(=O)Nc1ccccc1. The van der Waals surface area contributed by atoms with Gasteiger partial charge in [-0.15, -0.1) is 0 Å². The van der Waals surface area contributed by atoms with Crippen LogP contribution in [0.1, 0.15) is 18.0 Å². The van der Waals surface area contributed by atoms with Gasteiger partial charge in [-0.25, -0.2) is 9.86 Å². The molecule has 2 aromatic rings. The molecule has 11 heteroatoms. The number of amides is 3. The number of carboxylic acid groups (broad SMARTS) is 1. The summed E-state index contributed by atoms with van der Waals surface area (Å²) in [6, 6.07) is 14.3. The Morgan fingerprint density at radius 3 is 2.10 bits per heavy atom. The van der Waals surface area contributed by atoms with Crippen LogP contribution < -0.4 is 5.32 Å². The van der Waals surface area contributed by atoms with E-state index < -0.39 is 50.6 Å². The molecule has 4 N–H and O–H groups in total. The van der Waals surface area contributed by atoms with Crippen LogP contribution in [0.25, 0.3) is 0 Å². The maximum absolute atomic E-state index is 12.7. The van der Waals surface area contributed by atoms with Gasteiger partial charge < -0.3 is 20.2 Å². The van der Waals surface area contributed by atoms with E-state index in [0.29, 0.717) is 11.3 Å². The molecule has 2 aromatic carbocycles. The third-order valence-electron chi connectivity index (χ3n) is 4.17. The fourth-order valence-corrected chi connectivity index (χ4v) is 3.68. The summed E-state index contributed by atoms with van der Waals surface area (Å²) in [5, 5.41) is 22.3. The minimum Gasteiger partial charge on any atom is -0.481 e. The molecule has 31 heavy (non-hydrogen) atoms. The molecule has 166 valence electrons. The monoisotopic (exact) mass is 449 g/mol. The third kappa shape index (κ3) is 7.86. The highest BCUT2D eigenvalue weighted by atomic mass is 31.2. The minimum absolute atomic E-state index is 0.240. The van der Waals surface area contributed by atoms with E-state index >= 15 is 0 Å². The Kier molecular flexibility index (Phi) is 8.32. The van der Waals surface area contributed by atoms with Gasteiger partial charge in [0.15, 0.2) is 0 Å². The first kappa shape index (κ1) is 24.1. The van der Waals surface area contributed by atoms with Crippen LogP contribution in [-0.4, -0.2) is 62.6 Å². The maximum Gasteiger partial charge on any atom is 0.322 e. The summed E-state index contributed by atoms with van der Waals surface area (Å²) in [6.07, 6.45) is -1.21. The van der Waals surface area contributed by atoms with Gasteiger partial charge in [0.05, 0.1) is 18.7 Å². The second-order valence-electron chi connectivity index (χ2n) is 6.95. The number of aliphatic carboxylic acids is 1. The molecule has 2 rings (SSSR count). The Morgan fingerprint density at radius 1 is 1.03 bits per heavy atom. The molecule has 0 aliphatic carbocycles. The molecule has 0 fully saturated rings. The van der Waals surface area contributed by atoms with Crippen molar-refractivity contribution in [2.24, 2.45) is 0 Å². The molecule has 0 saturated heterocycles. The van der Waals surface area contributed by atoms with Gasteiger partial charge in [0.1, 0.15) is 6.54 Å². The van der Waals surface area contributed by atoms with Gasteiger partial charge in [0, 0.05) is 12.4 Å². The lowest BCUT2D eigenvalue weighted by molar-refractivity contribution is -0.179. The number of carbonyl (C=O) groups is 3. The van der Waals surface area contributed by atoms with Gasteiger partial charge in [0.25, 0.3) is 5.91 Å². The number of benzene rings is 2. The van der Waals surface area contributed by atoms with Crippen molar-refractivity contribution < 1.29 is 34.2 Å². The molecule has 0 aliphatic heterocycles. The number of carboxylic acids is 1. The average Bonchev–Trinajstić information content (AvgIpc) is 2.71. The van der Waals surface area contributed by atoms with E-state index in [9.17, 15) is 29.0 Å². The van der Waals surface area contributed by atoms with Crippen LogP contribution in [0.2, 0.25) is 0 Å². The highest BCUT2D eigenvalue weighted by Crippen LogP contribution is 2.36. The molecule has 0 heterocycles. The average molecular weight is 449 g/mol. The van der Waals surface area contributed by atoms with Crippen LogP contribution >= 0.6 is 7.37 Å². The Bertz CT molecular complexity index is 950. The van der Waals surface area contributed by atoms with Gasteiger partial charge in [-0.05, 0) is 17.7 Å². The van der Waals surface area contributed by atoms with Gasteiger partial charge in [-0.2, -0.15) is 0 Å². The van der Waals surface area contributed by atoms with Crippen molar-refractivity contribution in [3.8, 4) is 0 Å². The van der Waals surface area contributed by atoms with Gasteiger partial charge in [-0.3, -0.25) is 19.4 Å². The quantitative estimate of drug-likeness (QED) is 0.261. The van der Waals surface area contributed by atoms with E-state index in [1.54, 1.807) is 60.7 Å². The van der Waals surface area contributed by atoms with Crippen molar-refractivity contribution in [3.63, 3.8) is 0 Å². The molecule has 2 unspecified atom stereocenters. The predicted octanol–water partition coefficient (Wildman–Crippen LogP) is 2.81. The summed E-state index contributed by atoms with van der Waals surface area (Å²) in [6.45, 7) is 0.296. The molecule has 0 spiro atoms. The number of para-hydroxylation sites is 1. The maximum atomic E-state index is 12.7.